The lowest BCUT2D eigenvalue weighted by Gasteiger charge is -2.35. The molecule has 16 heavy (non-hydrogen) atoms. The molecule has 90 valence electrons. The van der Waals surface area contributed by atoms with Gasteiger partial charge in [-0.3, -0.25) is 4.90 Å². The molecule has 0 unspecified atom stereocenters. The summed E-state index contributed by atoms with van der Waals surface area (Å²) in [6.45, 7) is 9.81. The van der Waals surface area contributed by atoms with Gasteiger partial charge in [0.05, 0.1) is 0 Å². The number of hydrogen-bond acceptors (Lipinski definition) is 2. The van der Waals surface area contributed by atoms with Crippen molar-refractivity contribution in [2.24, 2.45) is 0 Å². The van der Waals surface area contributed by atoms with E-state index in [9.17, 15) is 0 Å². The maximum absolute atomic E-state index is 5.82. The third-order valence-electron chi connectivity index (χ3n) is 3.65. The SMILES string of the molecule is CCC(C)(C)N(C)Cc1ccc(N)c(C)c1. The molecule has 0 saturated carbocycles. The summed E-state index contributed by atoms with van der Waals surface area (Å²) < 4.78 is 0. The van der Waals surface area contributed by atoms with Gasteiger partial charge in [-0.05, 0) is 51.4 Å². The van der Waals surface area contributed by atoms with Crippen LogP contribution in [-0.4, -0.2) is 17.5 Å². The van der Waals surface area contributed by atoms with Crippen LogP contribution in [0.2, 0.25) is 0 Å². The fraction of sp³-hybridized carbons (Fsp3) is 0.571. The molecule has 1 rings (SSSR count). The zero-order chi connectivity index (χ0) is 12.3. The molecule has 0 aliphatic rings. The Morgan fingerprint density at radius 1 is 1.31 bits per heavy atom. The normalized spacial score (nSPS) is 12.1. The largest absolute Gasteiger partial charge is 0.399 e. The van der Waals surface area contributed by atoms with E-state index < -0.39 is 0 Å². The standard InChI is InChI=1S/C14H24N2/c1-6-14(3,4)16(5)10-12-7-8-13(15)11(2)9-12/h7-9H,6,10,15H2,1-5H3. The highest BCUT2D eigenvalue weighted by Gasteiger charge is 2.20. The maximum atomic E-state index is 5.82. The van der Waals surface area contributed by atoms with Crippen LogP contribution in [0.25, 0.3) is 0 Å². The van der Waals surface area contributed by atoms with Crippen molar-refractivity contribution >= 4 is 5.69 Å². The first-order valence-corrected chi connectivity index (χ1v) is 5.93. The summed E-state index contributed by atoms with van der Waals surface area (Å²) in [5.74, 6) is 0. The predicted octanol–water partition coefficient (Wildman–Crippen LogP) is 3.20. The highest BCUT2D eigenvalue weighted by atomic mass is 15.2. The van der Waals surface area contributed by atoms with E-state index >= 15 is 0 Å². The van der Waals surface area contributed by atoms with Gasteiger partial charge in [0.1, 0.15) is 0 Å². The average molecular weight is 220 g/mol. The molecule has 2 N–H and O–H groups in total. The molecule has 1 aromatic rings. The van der Waals surface area contributed by atoms with E-state index in [0.717, 1.165) is 18.7 Å². The molecule has 2 nitrogen and oxygen atoms in total. The topological polar surface area (TPSA) is 29.3 Å². The molecule has 0 atom stereocenters. The van der Waals surface area contributed by atoms with Crippen molar-refractivity contribution in [1.29, 1.82) is 0 Å². The summed E-state index contributed by atoms with van der Waals surface area (Å²) >= 11 is 0. The van der Waals surface area contributed by atoms with E-state index in [2.05, 4.69) is 51.8 Å². The minimum absolute atomic E-state index is 0.245. The number of anilines is 1. The average Bonchev–Trinajstić information content (AvgIpc) is 2.23. The summed E-state index contributed by atoms with van der Waals surface area (Å²) in [6.07, 6.45) is 1.15. The maximum Gasteiger partial charge on any atom is 0.0343 e. The molecule has 0 bridgehead atoms. The van der Waals surface area contributed by atoms with Crippen LogP contribution in [-0.2, 0) is 6.54 Å². The van der Waals surface area contributed by atoms with Gasteiger partial charge in [0.25, 0.3) is 0 Å². The van der Waals surface area contributed by atoms with Crippen LogP contribution in [0.5, 0.6) is 0 Å². The Hall–Kier alpha value is -1.02. The van der Waals surface area contributed by atoms with Crippen LogP contribution in [0.15, 0.2) is 18.2 Å². The van der Waals surface area contributed by atoms with E-state index in [1.54, 1.807) is 0 Å². The summed E-state index contributed by atoms with van der Waals surface area (Å²) in [4.78, 5) is 2.39. The van der Waals surface area contributed by atoms with Gasteiger partial charge in [-0.2, -0.15) is 0 Å². The van der Waals surface area contributed by atoms with Crippen molar-refractivity contribution in [1.82, 2.24) is 4.90 Å². The van der Waals surface area contributed by atoms with Gasteiger partial charge in [0.2, 0.25) is 0 Å². The number of nitrogens with zero attached hydrogens (tertiary/aromatic N) is 1. The predicted molar refractivity (Wildman–Crippen MR) is 71.4 cm³/mol. The Balaban J connectivity index is 2.77. The Morgan fingerprint density at radius 2 is 1.94 bits per heavy atom. The molecule has 0 amide bonds. The molecule has 0 spiro atoms. The number of aryl methyl sites for hydroxylation is 1. The molecule has 1 aromatic carbocycles. The molecule has 0 heterocycles. The Morgan fingerprint density at radius 3 is 2.44 bits per heavy atom. The number of nitrogens with two attached hydrogens (primary N) is 1. The summed E-state index contributed by atoms with van der Waals surface area (Å²) in [6, 6.07) is 6.29. The van der Waals surface area contributed by atoms with Gasteiger partial charge < -0.3 is 5.73 Å². The lowest BCUT2D eigenvalue weighted by molar-refractivity contribution is 0.143. The van der Waals surface area contributed by atoms with E-state index in [-0.39, 0.29) is 5.54 Å². The van der Waals surface area contributed by atoms with E-state index in [4.69, 9.17) is 5.73 Å². The first-order chi connectivity index (χ1) is 7.36. The van der Waals surface area contributed by atoms with Crippen molar-refractivity contribution in [3.63, 3.8) is 0 Å². The quantitative estimate of drug-likeness (QED) is 0.790. The van der Waals surface area contributed by atoms with Gasteiger partial charge in [0.15, 0.2) is 0 Å². The minimum Gasteiger partial charge on any atom is -0.399 e. The number of rotatable bonds is 4. The van der Waals surface area contributed by atoms with Crippen LogP contribution >= 0.6 is 0 Å². The molecule has 2 heteroatoms. The fourth-order valence-corrected chi connectivity index (χ4v) is 1.59. The van der Waals surface area contributed by atoms with Crippen LogP contribution in [0.1, 0.15) is 38.3 Å². The van der Waals surface area contributed by atoms with Gasteiger partial charge in [-0.1, -0.05) is 19.1 Å². The van der Waals surface area contributed by atoms with E-state index in [0.29, 0.717) is 0 Å². The smallest absolute Gasteiger partial charge is 0.0343 e. The van der Waals surface area contributed by atoms with Gasteiger partial charge in [-0.15, -0.1) is 0 Å². The second-order valence-corrected chi connectivity index (χ2v) is 5.21. The number of hydrogen-bond donors (Lipinski definition) is 1. The van der Waals surface area contributed by atoms with E-state index in [1.165, 1.54) is 11.1 Å². The zero-order valence-electron chi connectivity index (χ0n) is 11.2. The van der Waals surface area contributed by atoms with Crippen molar-refractivity contribution in [2.45, 2.75) is 46.2 Å². The third kappa shape index (κ3) is 2.99. The highest BCUT2D eigenvalue weighted by molar-refractivity contribution is 5.47. The molecule has 0 saturated heterocycles. The molecule has 0 radical (unpaired) electrons. The van der Waals surface area contributed by atoms with Crippen LogP contribution in [0.3, 0.4) is 0 Å². The minimum atomic E-state index is 0.245. The Labute approximate surface area is 99.5 Å². The molecule has 0 aliphatic carbocycles. The van der Waals surface area contributed by atoms with Crippen molar-refractivity contribution in [3.05, 3.63) is 29.3 Å². The van der Waals surface area contributed by atoms with Gasteiger partial charge in [-0.25, -0.2) is 0 Å². The molecule has 0 fully saturated rings. The summed E-state index contributed by atoms with van der Waals surface area (Å²) in [5, 5.41) is 0. The lowest BCUT2D eigenvalue weighted by atomic mass is 9.99. The zero-order valence-corrected chi connectivity index (χ0v) is 11.2. The van der Waals surface area contributed by atoms with Crippen molar-refractivity contribution in [2.75, 3.05) is 12.8 Å². The van der Waals surface area contributed by atoms with Crippen LogP contribution in [0.4, 0.5) is 5.69 Å². The summed E-state index contributed by atoms with van der Waals surface area (Å²) in [5.41, 5.74) is 9.44. The van der Waals surface area contributed by atoms with Crippen LogP contribution < -0.4 is 5.73 Å². The first kappa shape index (κ1) is 13.0. The first-order valence-electron chi connectivity index (χ1n) is 5.93. The molecule has 0 aliphatic heterocycles. The highest BCUT2D eigenvalue weighted by Crippen LogP contribution is 2.20. The van der Waals surface area contributed by atoms with Gasteiger partial charge in [0, 0.05) is 17.8 Å². The van der Waals surface area contributed by atoms with Gasteiger partial charge >= 0.3 is 0 Å². The molecular formula is C14H24N2. The Bertz CT molecular complexity index is 356. The van der Waals surface area contributed by atoms with E-state index in [1.807, 2.05) is 6.07 Å². The fourth-order valence-electron chi connectivity index (χ4n) is 1.59. The lowest BCUT2D eigenvalue weighted by Crippen LogP contribution is -2.39. The van der Waals surface area contributed by atoms with Crippen LogP contribution in [0, 0.1) is 6.92 Å². The second-order valence-electron chi connectivity index (χ2n) is 5.21. The molecular weight excluding hydrogens is 196 g/mol. The Kier molecular flexibility index (Phi) is 3.98. The monoisotopic (exact) mass is 220 g/mol. The second kappa shape index (κ2) is 4.88. The molecule has 0 aromatic heterocycles. The van der Waals surface area contributed by atoms with Crippen molar-refractivity contribution in [3.8, 4) is 0 Å². The summed E-state index contributed by atoms with van der Waals surface area (Å²) in [7, 11) is 2.18. The third-order valence-corrected chi connectivity index (χ3v) is 3.65. The number of benzene rings is 1. The van der Waals surface area contributed by atoms with Crippen molar-refractivity contribution < 1.29 is 0 Å². The number of nitrogen functional groups attached to an aromatic ring is 1.